The SMILES string of the molecule is O=C(CCCl)NCCN1CCOCC1. The van der Waals surface area contributed by atoms with E-state index in [4.69, 9.17) is 16.3 Å². The third kappa shape index (κ3) is 4.79. The molecule has 0 bridgehead atoms. The van der Waals surface area contributed by atoms with Gasteiger partial charge in [-0.25, -0.2) is 0 Å². The summed E-state index contributed by atoms with van der Waals surface area (Å²) in [6.45, 7) is 5.13. The van der Waals surface area contributed by atoms with Gasteiger partial charge in [-0.15, -0.1) is 11.6 Å². The molecule has 1 amide bonds. The number of halogens is 1. The molecule has 0 saturated carbocycles. The molecule has 0 aliphatic carbocycles. The Hall–Kier alpha value is -0.320. The fraction of sp³-hybridized carbons (Fsp3) is 0.889. The maximum absolute atomic E-state index is 11.0. The van der Waals surface area contributed by atoms with Crippen molar-refractivity contribution >= 4 is 17.5 Å². The predicted molar refractivity (Wildman–Crippen MR) is 55.6 cm³/mol. The van der Waals surface area contributed by atoms with Crippen LogP contribution in [0.5, 0.6) is 0 Å². The third-order valence-electron chi connectivity index (χ3n) is 2.18. The minimum Gasteiger partial charge on any atom is -0.379 e. The number of nitrogens with zero attached hydrogens (tertiary/aromatic N) is 1. The second-order valence-corrected chi connectivity index (χ2v) is 3.62. The molecule has 14 heavy (non-hydrogen) atoms. The van der Waals surface area contributed by atoms with Crippen molar-refractivity contribution in [2.45, 2.75) is 6.42 Å². The smallest absolute Gasteiger partial charge is 0.221 e. The third-order valence-corrected chi connectivity index (χ3v) is 2.36. The van der Waals surface area contributed by atoms with Crippen LogP contribution in [0.4, 0.5) is 0 Å². The lowest BCUT2D eigenvalue weighted by molar-refractivity contribution is -0.120. The Kier molecular flexibility index (Phi) is 5.91. The van der Waals surface area contributed by atoms with Gasteiger partial charge in [0.05, 0.1) is 13.2 Å². The molecular weight excluding hydrogens is 204 g/mol. The van der Waals surface area contributed by atoms with E-state index in [1.54, 1.807) is 0 Å². The topological polar surface area (TPSA) is 41.6 Å². The van der Waals surface area contributed by atoms with E-state index >= 15 is 0 Å². The highest BCUT2D eigenvalue weighted by molar-refractivity contribution is 6.18. The molecule has 0 aromatic heterocycles. The van der Waals surface area contributed by atoms with E-state index < -0.39 is 0 Å². The Balaban J connectivity index is 1.99. The Bertz CT molecular complexity index is 172. The number of hydrogen-bond donors (Lipinski definition) is 1. The molecule has 0 aromatic carbocycles. The summed E-state index contributed by atoms with van der Waals surface area (Å²) >= 11 is 5.44. The number of alkyl halides is 1. The van der Waals surface area contributed by atoms with E-state index in [0.29, 0.717) is 18.8 Å². The first-order valence-electron chi connectivity index (χ1n) is 4.95. The number of hydrogen-bond acceptors (Lipinski definition) is 3. The van der Waals surface area contributed by atoms with Crippen molar-refractivity contribution < 1.29 is 9.53 Å². The van der Waals surface area contributed by atoms with E-state index in [2.05, 4.69) is 10.2 Å². The van der Waals surface area contributed by atoms with Gasteiger partial charge in [-0.3, -0.25) is 9.69 Å². The maximum Gasteiger partial charge on any atom is 0.221 e. The maximum atomic E-state index is 11.0. The van der Waals surface area contributed by atoms with Crippen molar-refractivity contribution in [3.8, 4) is 0 Å². The first kappa shape index (κ1) is 11.8. The summed E-state index contributed by atoms with van der Waals surface area (Å²) in [6, 6.07) is 0. The predicted octanol–water partition coefficient (Wildman–Crippen LogP) is 0.0637. The van der Waals surface area contributed by atoms with Crippen molar-refractivity contribution in [3.63, 3.8) is 0 Å². The molecule has 0 atom stereocenters. The van der Waals surface area contributed by atoms with Crippen LogP contribution in [0.2, 0.25) is 0 Å². The normalized spacial score (nSPS) is 18.1. The van der Waals surface area contributed by atoms with Gasteiger partial charge >= 0.3 is 0 Å². The van der Waals surface area contributed by atoms with Crippen molar-refractivity contribution in [1.29, 1.82) is 0 Å². The van der Waals surface area contributed by atoms with Crippen LogP contribution in [0.1, 0.15) is 6.42 Å². The van der Waals surface area contributed by atoms with Crippen LogP contribution in [0.3, 0.4) is 0 Å². The van der Waals surface area contributed by atoms with Gasteiger partial charge in [0.1, 0.15) is 0 Å². The van der Waals surface area contributed by atoms with E-state index in [9.17, 15) is 4.79 Å². The highest BCUT2D eigenvalue weighted by Crippen LogP contribution is 1.94. The monoisotopic (exact) mass is 220 g/mol. The number of rotatable bonds is 5. The van der Waals surface area contributed by atoms with E-state index in [1.807, 2.05) is 0 Å². The molecule has 82 valence electrons. The van der Waals surface area contributed by atoms with Gasteiger partial charge in [0, 0.05) is 38.5 Å². The standard InChI is InChI=1S/C9H17ClN2O2/c10-2-1-9(13)11-3-4-12-5-7-14-8-6-12/h1-8H2,(H,11,13). The first-order chi connectivity index (χ1) is 6.83. The van der Waals surface area contributed by atoms with Gasteiger partial charge in [0.2, 0.25) is 5.91 Å². The summed E-state index contributed by atoms with van der Waals surface area (Å²) < 4.78 is 5.22. The average Bonchev–Trinajstić information content (AvgIpc) is 2.20. The molecule has 0 aromatic rings. The molecule has 0 spiro atoms. The lowest BCUT2D eigenvalue weighted by Gasteiger charge is -2.26. The van der Waals surface area contributed by atoms with Crippen LogP contribution in [0.25, 0.3) is 0 Å². The molecule has 1 aliphatic heterocycles. The van der Waals surface area contributed by atoms with Gasteiger partial charge in [-0.05, 0) is 0 Å². The lowest BCUT2D eigenvalue weighted by atomic mass is 10.4. The summed E-state index contributed by atoms with van der Waals surface area (Å²) in [5, 5.41) is 2.83. The highest BCUT2D eigenvalue weighted by Gasteiger charge is 2.09. The summed E-state index contributed by atoms with van der Waals surface area (Å²) in [6.07, 6.45) is 0.407. The van der Waals surface area contributed by atoms with Gasteiger partial charge in [0.15, 0.2) is 0 Å². The van der Waals surface area contributed by atoms with Crippen molar-refractivity contribution in [3.05, 3.63) is 0 Å². The van der Waals surface area contributed by atoms with Crippen LogP contribution >= 0.6 is 11.6 Å². The van der Waals surface area contributed by atoms with Crippen LogP contribution < -0.4 is 5.32 Å². The number of nitrogens with one attached hydrogen (secondary N) is 1. The molecule has 1 rings (SSSR count). The van der Waals surface area contributed by atoms with Crippen LogP contribution in [-0.2, 0) is 9.53 Å². The molecule has 0 radical (unpaired) electrons. The number of carbonyl (C=O) groups excluding carboxylic acids is 1. The van der Waals surface area contributed by atoms with Gasteiger partial charge in [0.25, 0.3) is 0 Å². The zero-order chi connectivity index (χ0) is 10.2. The molecule has 4 nitrogen and oxygen atoms in total. The summed E-state index contributed by atoms with van der Waals surface area (Å²) in [5.41, 5.74) is 0. The molecule has 1 fully saturated rings. The highest BCUT2D eigenvalue weighted by atomic mass is 35.5. The zero-order valence-electron chi connectivity index (χ0n) is 8.30. The molecular formula is C9H17ClN2O2. The van der Waals surface area contributed by atoms with E-state index in [-0.39, 0.29) is 5.91 Å². The van der Waals surface area contributed by atoms with Crippen LogP contribution in [0.15, 0.2) is 0 Å². The second-order valence-electron chi connectivity index (χ2n) is 3.24. The number of morpholine rings is 1. The van der Waals surface area contributed by atoms with Crippen LogP contribution in [0, 0.1) is 0 Å². The Morgan fingerprint density at radius 3 is 2.79 bits per heavy atom. The molecule has 1 N–H and O–H groups in total. The summed E-state index contributed by atoms with van der Waals surface area (Å²) in [4.78, 5) is 13.3. The molecule has 1 aliphatic rings. The number of amides is 1. The Labute approximate surface area is 89.5 Å². The zero-order valence-corrected chi connectivity index (χ0v) is 9.05. The van der Waals surface area contributed by atoms with E-state index in [1.165, 1.54) is 0 Å². The number of ether oxygens (including phenoxy) is 1. The average molecular weight is 221 g/mol. The van der Waals surface area contributed by atoms with E-state index in [0.717, 1.165) is 32.8 Å². The van der Waals surface area contributed by atoms with Crippen LogP contribution in [-0.4, -0.2) is 56.1 Å². The van der Waals surface area contributed by atoms with Gasteiger partial charge in [-0.2, -0.15) is 0 Å². The summed E-state index contributed by atoms with van der Waals surface area (Å²) in [7, 11) is 0. The fourth-order valence-corrected chi connectivity index (χ4v) is 1.52. The van der Waals surface area contributed by atoms with Crippen molar-refractivity contribution in [1.82, 2.24) is 10.2 Å². The fourth-order valence-electron chi connectivity index (χ4n) is 1.35. The first-order valence-corrected chi connectivity index (χ1v) is 5.49. The lowest BCUT2D eigenvalue weighted by Crippen LogP contribution is -2.41. The summed E-state index contributed by atoms with van der Waals surface area (Å²) in [5.74, 6) is 0.428. The molecule has 0 unspecified atom stereocenters. The molecule has 1 saturated heterocycles. The quantitative estimate of drug-likeness (QED) is 0.667. The minimum atomic E-state index is 0.0354. The molecule has 5 heteroatoms. The van der Waals surface area contributed by atoms with Gasteiger partial charge < -0.3 is 10.1 Å². The van der Waals surface area contributed by atoms with Crippen molar-refractivity contribution in [2.75, 3.05) is 45.3 Å². The minimum absolute atomic E-state index is 0.0354. The Morgan fingerprint density at radius 1 is 1.43 bits per heavy atom. The molecule has 1 heterocycles. The largest absolute Gasteiger partial charge is 0.379 e. The number of carbonyl (C=O) groups is 1. The van der Waals surface area contributed by atoms with Crippen molar-refractivity contribution in [2.24, 2.45) is 0 Å². The Morgan fingerprint density at radius 2 is 2.14 bits per heavy atom. The van der Waals surface area contributed by atoms with Gasteiger partial charge in [-0.1, -0.05) is 0 Å². The second kappa shape index (κ2) is 7.04.